The van der Waals surface area contributed by atoms with Gasteiger partial charge in [0, 0.05) is 17.8 Å². The van der Waals surface area contributed by atoms with E-state index in [0.29, 0.717) is 17.1 Å². The van der Waals surface area contributed by atoms with Gasteiger partial charge in [0.05, 0.1) is 18.2 Å². The molecule has 1 heterocycles. The molecule has 1 amide bonds. The predicted octanol–water partition coefficient (Wildman–Crippen LogP) is 3.51. The second kappa shape index (κ2) is 6.13. The number of nitrogens with zero attached hydrogens (tertiary/aromatic N) is 2. The van der Waals surface area contributed by atoms with Gasteiger partial charge in [-0.25, -0.2) is 4.39 Å². The van der Waals surface area contributed by atoms with Gasteiger partial charge >= 0.3 is 0 Å². The van der Waals surface area contributed by atoms with Gasteiger partial charge in [0.2, 0.25) is 0 Å². The van der Waals surface area contributed by atoms with Crippen molar-refractivity contribution in [3.05, 3.63) is 47.4 Å². The summed E-state index contributed by atoms with van der Waals surface area (Å²) in [6.07, 6.45) is 1.65. The summed E-state index contributed by atoms with van der Waals surface area (Å²) in [5.41, 5.74) is -0.00714. The lowest BCUT2D eigenvalue weighted by molar-refractivity contribution is 0.102. The molecule has 6 heteroatoms. The fourth-order valence-corrected chi connectivity index (χ4v) is 2.17. The van der Waals surface area contributed by atoms with Crippen LogP contribution in [0.15, 0.2) is 30.5 Å². The zero-order valence-electron chi connectivity index (χ0n) is 13.5. The monoisotopic (exact) mass is 315 g/mol. The third-order valence-corrected chi connectivity index (χ3v) is 3.33. The number of halogens is 1. The molecule has 1 aromatic heterocycles. The molecule has 23 heavy (non-hydrogen) atoms. The fourth-order valence-electron chi connectivity index (χ4n) is 2.17. The zero-order valence-corrected chi connectivity index (χ0v) is 13.5. The molecule has 5 nitrogen and oxygen atoms in total. The summed E-state index contributed by atoms with van der Waals surface area (Å²) in [5, 5.41) is 11.7. The smallest absolute Gasteiger partial charge is 0.259 e. The van der Waals surface area contributed by atoms with Crippen LogP contribution in [0.5, 0.6) is 5.75 Å². The van der Waals surface area contributed by atoms with Crippen molar-refractivity contribution in [1.82, 2.24) is 4.57 Å². The predicted molar refractivity (Wildman–Crippen MR) is 85.0 cm³/mol. The van der Waals surface area contributed by atoms with E-state index < -0.39 is 11.7 Å². The molecule has 1 aromatic carbocycles. The lowest BCUT2D eigenvalue weighted by atomic mass is 10.1. The van der Waals surface area contributed by atoms with Crippen LogP contribution in [0.2, 0.25) is 0 Å². The molecule has 0 unspecified atom stereocenters. The Morgan fingerprint density at radius 2 is 2.04 bits per heavy atom. The average molecular weight is 315 g/mol. The summed E-state index contributed by atoms with van der Waals surface area (Å²) in [6.45, 7) is 5.83. The number of anilines is 1. The number of aromatic nitrogens is 1. The highest BCUT2D eigenvalue weighted by atomic mass is 19.1. The topological polar surface area (TPSA) is 67.0 Å². The lowest BCUT2D eigenvalue weighted by Gasteiger charge is -2.24. The molecule has 1 N–H and O–H groups in total. The maximum absolute atomic E-state index is 14.0. The van der Waals surface area contributed by atoms with Crippen molar-refractivity contribution >= 4 is 11.7 Å². The van der Waals surface area contributed by atoms with Gasteiger partial charge in [0.1, 0.15) is 23.5 Å². The molecular weight excluding hydrogens is 297 g/mol. The first-order valence-electron chi connectivity index (χ1n) is 7.04. The number of rotatable bonds is 3. The van der Waals surface area contributed by atoms with E-state index in [0.717, 1.165) is 6.07 Å². The highest BCUT2D eigenvalue weighted by molar-refractivity contribution is 6.04. The summed E-state index contributed by atoms with van der Waals surface area (Å²) in [4.78, 5) is 12.3. The van der Waals surface area contributed by atoms with E-state index in [4.69, 9.17) is 10.00 Å². The summed E-state index contributed by atoms with van der Waals surface area (Å²) in [7, 11) is 1.42. The van der Waals surface area contributed by atoms with Crippen molar-refractivity contribution in [2.24, 2.45) is 0 Å². The molecule has 0 radical (unpaired) electrons. The van der Waals surface area contributed by atoms with E-state index in [1.54, 1.807) is 16.8 Å². The van der Waals surface area contributed by atoms with Crippen LogP contribution < -0.4 is 10.1 Å². The van der Waals surface area contributed by atoms with Crippen molar-refractivity contribution in [3.8, 4) is 11.8 Å². The Morgan fingerprint density at radius 3 is 2.57 bits per heavy atom. The van der Waals surface area contributed by atoms with E-state index in [2.05, 4.69) is 5.32 Å². The quantitative estimate of drug-likeness (QED) is 0.942. The van der Waals surface area contributed by atoms with Crippen LogP contribution in [0.4, 0.5) is 10.2 Å². The zero-order chi connectivity index (χ0) is 17.2. The fraction of sp³-hybridized carbons (Fsp3) is 0.294. The molecule has 0 aliphatic carbocycles. The number of benzene rings is 1. The third kappa shape index (κ3) is 3.51. The van der Waals surface area contributed by atoms with Crippen LogP contribution in [0.1, 0.15) is 36.7 Å². The Bertz CT molecular complexity index is 782. The second-order valence-electron chi connectivity index (χ2n) is 6.07. The Labute approximate surface area is 134 Å². The summed E-state index contributed by atoms with van der Waals surface area (Å²) >= 11 is 0. The van der Waals surface area contributed by atoms with Crippen LogP contribution in [0.25, 0.3) is 0 Å². The molecule has 0 saturated carbocycles. The van der Waals surface area contributed by atoms with Crippen molar-refractivity contribution in [2.75, 3.05) is 12.4 Å². The minimum Gasteiger partial charge on any atom is -0.497 e. The Morgan fingerprint density at radius 1 is 1.35 bits per heavy atom. The number of nitriles is 1. The van der Waals surface area contributed by atoms with Crippen molar-refractivity contribution < 1.29 is 13.9 Å². The number of ether oxygens (including phenoxy) is 1. The van der Waals surface area contributed by atoms with Gasteiger partial charge in [0.15, 0.2) is 0 Å². The standard InChI is InChI=1S/C17H18FN3O2/c1-17(2,3)21-10-11(9-19)7-15(21)20-16(22)13-6-5-12(23-4)8-14(13)18/h5-8,10H,1-4H3,(H,20,22). The SMILES string of the molecule is COc1ccc(C(=O)Nc2cc(C#N)cn2C(C)(C)C)c(F)c1. The van der Waals surface area contributed by atoms with Gasteiger partial charge in [-0.15, -0.1) is 0 Å². The first kappa shape index (κ1) is 16.6. The number of nitrogens with one attached hydrogen (secondary N) is 1. The first-order valence-corrected chi connectivity index (χ1v) is 7.04. The largest absolute Gasteiger partial charge is 0.497 e. The maximum atomic E-state index is 14.0. The molecule has 0 atom stereocenters. The molecule has 0 aliphatic heterocycles. The number of amides is 1. The van der Waals surface area contributed by atoms with E-state index in [1.165, 1.54) is 19.2 Å². The number of carbonyl (C=O) groups is 1. The molecular formula is C17H18FN3O2. The molecule has 0 saturated heterocycles. The Kier molecular flexibility index (Phi) is 4.41. The van der Waals surface area contributed by atoms with Gasteiger partial charge in [-0.2, -0.15) is 5.26 Å². The molecule has 0 aliphatic rings. The van der Waals surface area contributed by atoms with Gasteiger partial charge < -0.3 is 14.6 Å². The van der Waals surface area contributed by atoms with E-state index in [-0.39, 0.29) is 11.1 Å². The second-order valence-corrected chi connectivity index (χ2v) is 6.07. The molecule has 2 rings (SSSR count). The minimum absolute atomic E-state index is 0.0917. The van der Waals surface area contributed by atoms with E-state index >= 15 is 0 Å². The van der Waals surface area contributed by atoms with Crippen LogP contribution in [-0.2, 0) is 5.54 Å². The lowest BCUT2D eigenvalue weighted by Crippen LogP contribution is -2.25. The van der Waals surface area contributed by atoms with Crippen molar-refractivity contribution in [1.29, 1.82) is 5.26 Å². The number of hydrogen-bond donors (Lipinski definition) is 1. The van der Waals surface area contributed by atoms with Crippen LogP contribution in [0.3, 0.4) is 0 Å². The number of hydrogen-bond acceptors (Lipinski definition) is 3. The Balaban J connectivity index is 2.34. The van der Waals surface area contributed by atoms with E-state index in [9.17, 15) is 9.18 Å². The molecule has 0 spiro atoms. The normalized spacial score (nSPS) is 11.0. The van der Waals surface area contributed by atoms with Gasteiger partial charge in [0.25, 0.3) is 5.91 Å². The van der Waals surface area contributed by atoms with Crippen LogP contribution in [0, 0.1) is 17.1 Å². The highest BCUT2D eigenvalue weighted by Gasteiger charge is 2.21. The average Bonchev–Trinajstić information content (AvgIpc) is 2.90. The highest BCUT2D eigenvalue weighted by Crippen LogP contribution is 2.25. The summed E-state index contributed by atoms with van der Waals surface area (Å²) in [6, 6.07) is 7.62. The molecule has 0 fully saturated rings. The molecule has 120 valence electrons. The minimum atomic E-state index is -0.670. The number of carbonyl (C=O) groups excluding carboxylic acids is 1. The first-order chi connectivity index (χ1) is 10.8. The molecule has 0 bridgehead atoms. The van der Waals surface area contributed by atoms with Crippen LogP contribution >= 0.6 is 0 Å². The van der Waals surface area contributed by atoms with Crippen molar-refractivity contribution in [2.45, 2.75) is 26.3 Å². The molecule has 2 aromatic rings. The third-order valence-electron chi connectivity index (χ3n) is 3.33. The van der Waals surface area contributed by atoms with Crippen molar-refractivity contribution in [3.63, 3.8) is 0 Å². The van der Waals surface area contributed by atoms with Gasteiger partial charge in [-0.05, 0) is 39.0 Å². The Hall–Kier alpha value is -2.81. The maximum Gasteiger partial charge on any atom is 0.259 e. The summed E-state index contributed by atoms with van der Waals surface area (Å²) in [5.74, 6) is -0.479. The summed E-state index contributed by atoms with van der Waals surface area (Å²) < 4.78 is 20.7. The van der Waals surface area contributed by atoms with Crippen LogP contribution in [-0.4, -0.2) is 17.6 Å². The van der Waals surface area contributed by atoms with Gasteiger partial charge in [-0.3, -0.25) is 4.79 Å². The number of methoxy groups -OCH3 is 1. The van der Waals surface area contributed by atoms with Gasteiger partial charge in [-0.1, -0.05) is 0 Å². The van der Waals surface area contributed by atoms with E-state index in [1.807, 2.05) is 26.8 Å².